The van der Waals surface area contributed by atoms with Crippen LogP contribution in [0.3, 0.4) is 0 Å². The zero-order chi connectivity index (χ0) is 29.7. The third kappa shape index (κ3) is 5.24. The fraction of sp³-hybridized carbons (Fsp3) is 0.281. The molecule has 43 heavy (non-hydrogen) atoms. The molecule has 0 saturated carbocycles. The molecule has 7 rings (SSSR count). The molecular formula is C32H31BrN4O5S. The lowest BCUT2D eigenvalue weighted by atomic mass is 10.00. The number of halogens is 1. The van der Waals surface area contributed by atoms with Gasteiger partial charge in [0.15, 0.2) is 0 Å². The van der Waals surface area contributed by atoms with Gasteiger partial charge in [0.1, 0.15) is 12.4 Å². The highest BCUT2D eigenvalue weighted by molar-refractivity contribution is 9.10. The van der Waals surface area contributed by atoms with Gasteiger partial charge in [0.25, 0.3) is 15.9 Å². The summed E-state index contributed by atoms with van der Waals surface area (Å²) in [6.07, 6.45) is 0.643. The van der Waals surface area contributed by atoms with Gasteiger partial charge >= 0.3 is 0 Å². The molecule has 1 saturated heterocycles. The van der Waals surface area contributed by atoms with Crippen molar-refractivity contribution in [2.75, 3.05) is 55.6 Å². The Morgan fingerprint density at radius 3 is 2.70 bits per heavy atom. The second kappa shape index (κ2) is 11.1. The Morgan fingerprint density at radius 1 is 1.02 bits per heavy atom. The van der Waals surface area contributed by atoms with Crippen molar-refractivity contribution in [1.82, 2.24) is 9.88 Å². The first kappa shape index (κ1) is 28.1. The predicted octanol–water partition coefficient (Wildman–Crippen LogP) is 5.28. The maximum atomic E-state index is 13.8. The van der Waals surface area contributed by atoms with Crippen molar-refractivity contribution in [3.8, 4) is 5.75 Å². The summed E-state index contributed by atoms with van der Waals surface area (Å²) in [5.41, 5.74) is 5.72. The van der Waals surface area contributed by atoms with E-state index in [1.807, 2.05) is 49.4 Å². The Morgan fingerprint density at radius 2 is 1.86 bits per heavy atom. The summed E-state index contributed by atoms with van der Waals surface area (Å²) in [4.78, 5) is 19.1. The number of allylic oxidation sites excluding steroid dienone is 1. The maximum absolute atomic E-state index is 13.8. The highest BCUT2D eigenvalue weighted by atomic mass is 79.9. The summed E-state index contributed by atoms with van der Waals surface area (Å²) in [6.45, 7) is 7.06. The zero-order valence-electron chi connectivity index (χ0n) is 23.7. The SMILES string of the molecule is C/C(=C1/C(=O)Nc2ccc(S(=O)(=O)N3CCc4cc(Br)ccc43)cc21)c1cc2cc(OCCN3CCOCC3)ccc2[nH]1. The van der Waals surface area contributed by atoms with E-state index in [9.17, 15) is 13.2 Å². The van der Waals surface area contributed by atoms with E-state index in [0.717, 1.165) is 70.8 Å². The van der Waals surface area contributed by atoms with Gasteiger partial charge in [-0.25, -0.2) is 8.42 Å². The summed E-state index contributed by atoms with van der Waals surface area (Å²) >= 11 is 3.47. The standard InChI is InChI=1S/C32H31BrN4O5S/c1-20(29-18-22-17-24(3-5-27(22)34-29)42-15-12-36-10-13-41-14-11-36)31-26-19-25(4-6-28(26)35-32(31)38)43(39,40)37-9-8-21-16-23(33)2-7-30(21)37/h2-7,16-19,34H,8-15H2,1H3,(H,35,38)/b31-20-. The van der Waals surface area contributed by atoms with E-state index in [-0.39, 0.29) is 10.8 Å². The number of hydrogen-bond acceptors (Lipinski definition) is 6. The van der Waals surface area contributed by atoms with Gasteiger partial charge in [-0.2, -0.15) is 0 Å². The molecule has 2 N–H and O–H groups in total. The average Bonchev–Trinajstić information content (AvgIpc) is 3.71. The van der Waals surface area contributed by atoms with Gasteiger partial charge in [-0.3, -0.25) is 14.0 Å². The third-order valence-corrected chi connectivity index (χ3v) is 10.7. The van der Waals surface area contributed by atoms with Crippen molar-refractivity contribution < 1.29 is 22.7 Å². The molecular weight excluding hydrogens is 632 g/mol. The molecule has 3 aliphatic rings. The molecule has 9 nitrogen and oxygen atoms in total. The third-order valence-electron chi connectivity index (χ3n) is 8.37. The minimum absolute atomic E-state index is 0.152. The van der Waals surface area contributed by atoms with E-state index in [4.69, 9.17) is 9.47 Å². The lowest BCUT2D eigenvalue weighted by Gasteiger charge is -2.26. The van der Waals surface area contributed by atoms with Crippen LogP contribution in [0.25, 0.3) is 22.0 Å². The molecule has 3 aliphatic heterocycles. The van der Waals surface area contributed by atoms with Gasteiger partial charge in [0, 0.05) is 58.5 Å². The number of sulfonamides is 1. The number of aromatic amines is 1. The van der Waals surface area contributed by atoms with E-state index >= 15 is 0 Å². The van der Waals surface area contributed by atoms with Crippen LogP contribution in [0.1, 0.15) is 23.7 Å². The number of fused-ring (bicyclic) bond motifs is 3. The van der Waals surface area contributed by atoms with Crippen molar-refractivity contribution in [3.05, 3.63) is 82.0 Å². The maximum Gasteiger partial charge on any atom is 0.264 e. The van der Waals surface area contributed by atoms with Gasteiger partial charge in [0.2, 0.25) is 0 Å². The van der Waals surface area contributed by atoms with Crippen molar-refractivity contribution in [3.63, 3.8) is 0 Å². The minimum atomic E-state index is -3.83. The van der Waals surface area contributed by atoms with Crippen LogP contribution in [0.4, 0.5) is 11.4 Å². The lowest BCUT2D eigenvalue weighted by Crippen LogP contribution is -2.38. The molecule has 0 radical (unpaired) electrons. The predicted molar refractivity (Wildman–Crippen MR) is 171 cm³/mol. The summed E-state index contributed by atoms with van der Waals surface area (Å²) in [5.74, 6) is 0.524. The van der Waals surface area contributed by atoms with E-state index in [2.05, 4.69) is 31.1 Å². The molecule has 0 bridgehead atoms. The van der Waals surface area contributed by atoms with Gasteiger partial charge in [0.05, 0.1) is 29.4 Å². The van der Waals surface area contributed by atoms with Gasteiger partial charge in [-0.05, 0) is 85.1 Å². The molecule has 0 unspecified atom stereocenters. The highest BCUT2D eigenvalue weighted by Crippen LogP contribution is 2.41. The van der Waals surface area contributed by atoms with Crippen molar-refractivity contribution in [1.29, 1.82) is 0 Å². The second-order valence-corrected chi connectivity index (χ2v) is 13.8. The number of carbonyl (C=O) groups is 1. The van der Waals surface area contributed by atoms with Crippen LogP contribution in [-0.2, 0) is 26.0 Å². The van der Waals surface area contributed by atoms with Crippen LogP contribution >= 0.6 is 15.9 Å². The van der Waals surface area contributed by atoms with E-state index in [1.54, 1.807) is 18.2 Å². The molecule has 0 spiro atoms. The van der Waals surface area contributed by atoms with Gasteiger partial charge in [-0.1, -0.05) is 15.9 Å². The number of rotatable bonds is 7. The summed E-state index contributed by atoms with van der Waals surface area (Å²) in [5, 5.41) is 3.87. The molecule has 222 valence electrons. The molecule has 1 fully saturated rings. The number of aromatic nitrogens is 1. The highest BCUT2D eigenvalue weighted by Gasteiger charge is 2.34. The van der Waals surface area contributed by atoms with E-state index in [0.29, 0.717) is 42.1 Å². The fourth-order valence-electron chi connectivity index (χ4n) is 6.05. The van der Waals surface area contributed by atoms with Crippen molar-refractivity contribution in [2.24, 2.45) is 0 Å². The number of benzene rings is 3. The molecule has 3 aromatic carbocycles. The number of nitrogens with one attached hydrogen (secondary N) is 2. The summed E-state index contributed by atoms with van der Waals surface area (Å²) in [7, 11) is -3.83. The molecule has 4 aromatic rings. The van der Waals surface area contributed by atoms with Crippen LogP contribution in [0.15, 0.2) is 70.0 Å². The van der Waals surface area contributed by atoms with Crippen LogP contribution in [0, 0.1) is 0 Å². The minimum Gasteiger partial charge on any atom is -0.492 e. The summed E-state index contributed by atoms with van der Waals surface area (Å²) in [6, 6.07) is 18.4. The van der Waals surface area contributed by atoms with Crippen molar-refractivity contribution >= 4 is 65.3 Å². The molecule has 1 amide bonds. The lowest BCUT2D eigenvalue weighted by molar-refractivity contribution is -0.110. The largest absolute Gasteiger partial charge is 0.492 e. The molecule has 1 aromatic heterocycles. The first-order chi connectivity index (χ1) is 20.8. The molecule has 0 aliphatic carbocycles. The number of carbonyl (C=O) groups excluding carboxylic acids is 1. The molecule has 0 atom stereocenters. The number of H-pyrrole nitrogens is 1. The summed E-state index contributed by atoms with van der Waals surface area (Å²) < 4.78 is 41.4. The topological polar surface area (TPSA) is 104 Å². The number of morpholine rings is 1. The number of nitrogens with zero attached hydrogens (tertiary/aromatic N) is 2. The zero-order valence-corrected chi connectivity index (χ0v) is 26.1. The number of amides is 1. The van der Waals surface area contributed by atoms with Gasteiger partial charge in [-0.15, -0.1) is 0 Å². The molecule has 4 heterocycles. The number of ether oxygens (including phenoxy) is 2. The first-order valence-corrected chi connectivity index (χ1v) is 16.5. The first-order valence-electron chi connectivity index (χ1n) is 14.3. The fourth-order valence-corrected chi connectivity index (χ4v) is 7.99. The molecule has 11 heteroatoms. The monoisotopic (exact) mass is 662 g/mol. The number of anilines is 2. The Hall–Kier alpha value is -3.64. The van der Waals surface area contributed by atoms with Gasteiger partial charge < -0.3 is 19.8 Å². The van der Waals surface area contributed by atoms with Crippen LogP contribution in [0.2, 0.25) is 0 Å². The van der Waals surface area contributed by atoms with Crippen LogP contribution < -0.4 is 14.4 Å². The normalized spacial score (nSPS) is 18.1. The number of hydrogen-bond donors (Lipinski definition) is 2. The Balaban J connectivity index is 1.16. The quantitative estimate of drug-likeness (QED) is 0.261. The van der Waals surface area contributed by atoms with Crippen molar-refractivity contribution in [2.45, 2.75) is 18.2 Å². The second-order valence-electron chi connectivity index (χ2n) is 11.0. The van der Waals surface area contributed by atoms with E-state index < -0.39 is 10.0 Å². The Bertz CT molecular complexity index is 1890. The van der Waals surface area contributed by atoms with Crippen LogP contribution in [-0.4, -0.2) is 70.2 Å². The average molecular weight is 664 g/mol. The van der Waals surface area contributed by atoms with E-state index in [1.165, 1.54) is 4.31 Å². The Labute approximate surface area is 258 Å². The van der Waals surface area contributed by atoms with Crippen LogP contribution in [0.5, 0.6) is 5.75 Å². The smallest absolute Gasteiger partial charge is 0.264 e. The Kier molecular flexibility index (Phi) is 7.29.